The highest BCUT2D eigenvalue weighted by molar-refractivity contribution is 14.1. The lowest BCUT2D eigenvalue weighted by atomic mass is 10.00. The Bertz CT molecular complexity index is 542. The Morgan fingerprint density at radius 3 is 2.60 bits per heavy atom. The first-order valence-corrected chi connectivity index (χ1v) is 7.80. The molecule has 0 aliphatic rings. The average molecular weight is 382 g/mol. The first-order chi connectivity index (χ1) is 9.74. The number of hydrogen-bond donors (Lipinski definition) is 1. The molecule has 0 fully saturated rings. The maximum absolute atomic E-state index is 5.27. The van der Waals surface area contributed by atoms with Gasteiger partial charge in [-0.2, -0.15) is 0 Å². The molecule has 0 radical (unpaired) electrons. The minimum absolute atomic E-state index is 0.148. The predicted octanol–water partition coefficient (Wildman–Crippen LogP) is 3.78. The number of halogens is 1. The largest absolute Gasteiger partial charge is 0.495 e. The van der Waals surface area contributed by atoms with Gasteiger partial charge >= 0.3 is 0 Å². The second-order valence-corrected chi connectivity index (χ2v) is 5.84. The summed E-state index contributed by atoms with van der Waals surface area (Å²) in [6, 6.07) is 10.8. The van der Waals surface area contributed by atoms with E-state index in [4.69, 9.17) is 4.74 Å². The maximum Gasteiger partial charge on any atom is 0.137 e. The average Bonchev–Trinajstić information content (AvgIpc) is 2.49. The van der Waals surface area contributed by atoms with Crippen molar-refractivity contribution in [3.63, 3.8) is 0 Å². The molecule has 1 atom stereocenters. The van der Waals surface area contributed by atoms with E-state index in [1.807, 2.05) is 12.3 Å². The van der Waals surface area contributed by atoms with Crippen LogP contribution in [0.5, 0.6) is 5.75 Å². The molecule has 0 saturated carbocycles. The quantitative estimate of drug-likeness (QED) is 0.773. The van der Waals surface area contributed by atoms with Crippen LogP contribution in [0.15, 0.2) is 42.7 Å². The number of nitrogens with zero attached hydrogens (tertiary/aromatic N) is 1. The summed E-state index contributed by atoms with van der Waals surface area (Å²) in [6.07, 6.45) is 4.72. The smallest absolute Gasteiger partial charge is 0.137 e. The summed E-state index contributed by atoms with van der Waals surface area (Å²) in [5.41, 5.74) is 2.37. The normalized spacial score (nSPS) is 12.2. The molecule has 3 nitrogen and oxygen atoms in total. The molecule has 0 saturated heterocycles. The van der Waals surface area contributed by atoms with Crippen LogP contribution in [0.4, 0.5) is 0 Å². The van der Waals surface area contributed by atoms with Crippen LogP contribution >= 0.6 is 22.6 Å². The third-order valence-electron chi connectivity index (χ3n) is 3.11. The van der Waals surface area contributed by atoms with E-state index < -0.39 is 0 Å². The lowest BCUT2D eigenvalue weighted by molar-refractivity contribution is 0.411. The van der Waals surface area contributed by atoms with Crippen molar-refractivity contribution in [2.45, 2.75) is 19.4 Å². The van der Waals surface area contributed by atoms with Crippen molar-refractivity contribution in [2.24, 2.45) is 0 Å². The van der Waals surface area contributed by atoms with E-state index in [1.54, 1.807) is 13.3 Å². The van der Waals surface area contributed by atoms with Crippen molar-refractivity contribution >= 4 is 22.6 Å². The number of benzene rings is 1. The van der Waals surface area contributed by atoms with Gasteiger partial charge in [-0.15, -0.1) is 0 Å². The fourth-order valence-corrected chi connectivity index (χ4v) is 2.44. The highest BCUT2D eigenvalue weighted by Crippen LogP contribution is 2.25. The maximum atomic E-state index is 5.27. The molecule has 0 amide bonds. The summed E-state index contributed by atoms with van der Waals surface area (Å²) in [5, 5.41) is 3.57. The van der Waals surface area contributed by atoms with E-state index in [0.29, 0.717) is 0 Å². The van der Waals surface area contributed by atoms with Gasteiger partial charge in [-0.3, -0.25) is 4.98 Å². The molecular formula is C16H19IN2O. The van der Waals surface area contributed by atoms with Gasteiger partial charge in [0.1, 0.15) is 5.75 Å². The molecular weight excluding hydrogens is 363 g/mol. The van der Waals surface area contributed by atoms with Crippen LogP contribution < -0.4 is 10.1 Å². The first kappa shape index (κ1) is 15.3. The zero-order chi connectivity index (χ0) is 14.4. The van der Waals surface area contributed by atoms with Crippen LogP contribution in [-0.2, 0) is 0 Å². The molecule has 0 aliphatic carbocycles. The third-order valence-corrected chi connectivity index (χ3v) is 3.82. The fourth-order valence-electron chi connectivity index (χ4n) is 2.08. The fraction of sp³-hybridized carbons (Fsp3) is 0.312. The Labute approximate surface area is 133 Å². The first-order valence-electron chi connectivity index (χ1n) is 6.72. The SMILES string of the molecule is CCCNC(c1ccc(I)cc1)c1cncc(OC)c1. The molecule has 20 heavy (non-hydrogen) atoms. The lowest BCUT2D eigenvalue weighted by Gasteiger charge is -2.20. The highest BCUT2D eigenvalue weighted by atomic mass is 127. The van der Waals surface area contributed by atoms with E-state index in [0.717, 1.165) is 24.3 Å². The minimum atomic E-state index is 0.148. The molecule has 0 spiro atoms. The summed E-state index contributed by atoms with van der Waals surface area (Å²) < 4.78 is 6.51. The molecule has 1 aromatic heterocycles. The molecule has 0 aliphatic heterocycles. The Kier molecular flexibility index (Phi) is 5.79. The zero-order valence-corrected chi connectivity index (χ0v) is 13.9. The molecule has 2 aromatic rings. The topological polar surface area (TPSA) is 34.2 Å². The Morgan fingerprint density at radius 1 is 1.20 bits per heavy atom. The number of methoxy groups -OCH3 is 1. The van der Waals surface area contributed by atoms with Crippen LogP contribution in [0, 0.1) is 3.57 Å². The van der Waals surface area contributed by atoms with Gasteiger partial charge in [0, 0.05) is 9.77 Å². The summed E-state index contributed by atoms with van der Waals surface area (Å²) in [6.45, 7) is 3.13. The van der Waals surface area contributed by atoms with Gasteiger partial charge in [-0.05, 0) is 64.9 Å². The summed E-state index contributed by atoms with van der Waals surface area (Å²) in [7, 11) is 1.67. The molecule has 106 valence electrons. The van der Waals surface area contributed by atoms with Gasteiger partial charge in [0.25, 0.3) is 0 Å². The van der Waals surface area contributed by atoms with Crippen molar-refractivity contribution < 1.29 is 4.74 Å². The van der Waals surface area contributed by atoms with Crippen LogP contribution in [0.25, 0.3) is 0 Å². The van der Waals surface area contributed by atoms with Crippen molar-refractivity contribution in [3.8, 4) is 5.75 Å². The number of ether oxygens (including phenoxy) is 1. The van der Waals surface area contributed by atoms with E-state index in [1.165, 1.54) is 9.13 Å². The van der Waals surface area contributed by atoms with E-state index in [9.17, 15) is 0 Å². The van der Waals surface area contributed by atoms with Crippen LogP contribution in [0.1, 0.15) is 30.5 Å². The number of rotatable bonds is 6. The van der Waals surface area contributed by atoms with Crippen molar-refractivity contribution in [1.29, 1.82) is 0 Å². The second-order valence-electron chi connectivity index (χ2n) is 4.60. The lowest BCUT2D eigenvalue weighted by Crippen LogP contribution is -2.23. The number of aromatic nitrogens is 1. The van der Waals surface area contributed by atoms with Gasteiger partial charge in [0.15, 0.2) is 0 Å². The monoisotopic (exact) mass is 382 g/mol. The second kappa shape index (κ2) is 7.59. The van der Waals surface area contributed by atoms with Gasteiger partial charge in [0.2, 0.25) is 0 Å². The van der Waals surface area contributed by atoms with Crippen LogP contribution in [0.3, 0.4) is 0 Å². The Balaban J connectivity index is 2.32. The van der Waals surface area contributed by atoms with Crippen molar-refractivity contribution in [1.82, 2.24) is 10.3 Å². The van der Waals surface area contributed by atoms with E-state index >= 15 is 0 Å². The summed E-state index contributed by atoms with van der Waals surface area (Å²) in [5.74, 6) is 0.788. The third kappa shape index (κ3) is 3.93. The molecule has 1 N–H and O–H groups in total. The minimum Gasteiger partial charge on any atom is -0.495 e. The van der Waals surface area contributed by atoms with Gasteiger partial charge in [-0.1, -0.05) is 19.1 Å². The molecule has 4 heteroatoms. The van der Waals surface area contributed by atoms with Gasteiger partial charge in [-0.25, -0.2) is 0 Å². The Morgan fingerprint density at radius 2 is 1.95 bits per heavy atom. The Hall–Kier alpha value is -1.14. The predicted molar refractivity (Wildman–Crippen MR) is 90.1 cm³/mol. The standard InChI is InChI=1S/C16H19IN2O/c1-3-8-19-16(12-4-6-14(17)7-5-12)13-9-15(20-2)11-18-10-13/h4-7,9-11,16,19H,3,8H2,1-2H3. The number of hydrogen-bond acceptors (Lipinski definition) is 3. The van der Waals surface area contributed by atoms with Gasteiger partial charge in [0.05, 0.1) is 19.3 Å². The van der Waals surface area contributed by atoms with Crippen LogP contribution in [0.2, 0.25) is 0 Å². The van der Waals surface area contributed by atoms with Crippen molar-refractivity contribution in [3.05, 3.63) is 57.4 Å². The zero-order valence-electron chi connectivity index (χ0n) is 11.8. The molecule has 1 unspecified atom stereocenters. The number of pyridine rings is 1. The van der Waals surface area contributed by atoms with Crippen molar-refractivity contribution in [2.75, 3.05) is 13.7 Å². The number of nitrogens with one attached hydrogen (secondary N) is 1. The van der Waals surface area contributed by atoms with E-state index in [2.05, 4.69) is 64.1 Å². The van der Waals surface area contributed by atoms with E-state index in [-0.39, 0.29) is 6.04 Å². The molecule has 1 aromatic carbocycles. The highest BCUT2D eigenvalue weighted by Gasteiger charge is 2.14. The van der Waals surface area contributed by atoms with Crippen LogP contribution in [-0.4, -0.2) is 18.6 Å². The molecule has 0 bridgehead atoms. The molecule has 1 heterocycles. The summed E-state index contributed by atoms with van der Waals surface area (Å²) >= 11 is 2.32. The summed E-state index contributed by atoms with van der Waals surface area (Å²) in [4.78, 5) is 4.26. The molecule has 2 rings (SSSR count). The van der Waals surface area contributed by atoms with Gasteiger partial charge < -0.3 is 10.1 Å².